The SMILES string of the molecule is CCc1nc(N2CCN(Cc3cc(F)ccc3OC)CC2)c2cc(CC)sc2n1. The molecule has 0 N–H and O–H groups in total. The number of aryl methyl sites for hydroxylation is 2. The van der Waals surface area contributed by atoms with E-state index in [1.165, 1.54) is 16.3 Å². The number of ether oxygens (including phenoxy) is 1. The molecule has 1 aliphatic heterocycles. The van der Waals surface area contributed by atoms with Gasteiger partial charge in [0.2, 0.25) is 0 Å². The van der Waals surface area contributed by atoms with E-state index < -0.39 is 0 Å². The molecule has 1 fully saturated rings. The number of rotatable bonds is 6. The molecule has 0 unspecified atom stereocenters. The molecule has 3 aromatic rings. The Kier molecular flexibility index (Phi) is 5.96. The second-order valence-corrected chi connectivity index (χ2v) is 8.44. The zero-order valence-electron chi connectivity index (χ0n) is 17.2. The highest BCUT2D eigenvalue weighted by Crippen LogP contribution is 2.32. The maximum Gasteiger partial charge on any atom is 0.141 e. The predicted octanol–water partition coefficient (Wildman–Crippen LogP) is 4.29. The Labute approximate surface area is 175 Å². The first-order chi connectivity index (χ1) is 14.1. The van der Waals surface area contributed by atoms with Crippen molar-refractivity contribution in [1.82, 2.24) is 14.9 Å². The van der Waals surface area contributed by atoms with Gasteiger partial charge in [-0.1, -0.05) is 13.8 Å². The zero-order chi connectivity index (χ0) is 20.4. The van der Waals surface area contributed by atoms with Crippen LogP contribution in [-0.2, 0) is 19.4 Å². The van der Waals surface area contributed by atoms with Crippen molar-refractivity contribution in [2.24, 2.45) is 0 Å². The topological polar surface area (TPSA) is 41.5 Å². The quantitative estimate of drug-likeness (QED) is 0.602. The number of hydrogen-bond donors (Lipinski definition) is 0. The van der Waals surface area contributed by atoms with E-state index in [9.17, 15) is 4.39 Å². The van der Waals surface area contributed by atoms with Crippen LogP contribution in [-0.4, -0.2) is 48.2 Å². The molecule has 0 atom stereocenters. The number of piperazine rings is 1. The molecule has 0 saturated carbocycles. The summed E-state index contributed by atoms with van der Waals surface area (Å²) < 4.78 is 19.1. The Balaban J connectivity index is 1.51. The van der Waals surface area contributed by atoms with Gasteiger partial charge < -0.3 is 9.64 Å². The number of fused-ring (bicyclic) bond motifs is 1. The molecule has 1 aromatic carbocycles. The van der Waals surface area contributed by atoms with Crippen molar-refractivity contribution >= 4 is 27.4 Å². The number of methoxy groups -OCH3 is 1. The summed E-state index contributed by atoms with van der Waals surface area (Å²) in [6.07, 6.45) is 1.85. The molecular weight excluding hydrogens is 387 g/mol. The molecule has 1 aliphatic rings. The fourth-order valence-electron chi connectivity index (χ4n) is 3.80. The number of halogens is 1. The normalized spacial score (nSPS) is 15.2. The standard InChI is InChI=1S/C22H27FN4OS/c1-4-17-13-18-21(24-20(5-2)25-22(18)29-17)27-10-8-26(9-11-27)14-15-12-16(23)6-7-19(15)28-3/h6-7,12-13H,4-5,8-11,14H2,1-3H3. The summed E-state index contributed by atoms with van der Waals surface area (Å²) >= 11 is 1.78. The van der Waals surface area contributed by atoms with Gasteiger partial charge >= 0.3 is 0 Å². The number of benzene rings is 1. The van der Waals surface area contributed by atoms with E-state index in [1.54, 1.807) is 30.6 Å². The third-order valence-corrected chi connectivity index (χ3v) is 6.62. The van der Waals surface area contributed by atoms with Gasteiger partial charge in [0, 0.05) is 49.6 Å². The van der Waals surface area contributed by atoms with E-state index in [4.69, 9.17) is 14.7 Å². The summed E-state index contributed by atoms with van der Waals surface area (Å²) in [4.78, 5) is 16.8. The molecule has 4 rings (SSSR count). The van der Waals surface area contributed by atoms with E-state index >= 15 is 0 Å². The van der Waals surface area contributed by atoms with Crippen LogP contribution >= 0.6 is 11.3 Å². The van der Waals surface area contributed by atoms with Gasteiger partial charge in [-0.05, 0) is 30.7 Å². The molecule has 0 spiro atoms. The van der Waals surface area contributed by atoms with Crippen LogP contribution in [0, 0.1) is 5.82 Å². The lowest BCUT2D eigenvalue weighted by Gasteiger charge is -2.36. The minimum atomic E-state index is -0.223. The van der Waals surface area contributed by atoms with Crippen LogP contribution < -0.4 is 9.64 Å². The lowest BCUT2D eigenvalue weighted by atomic mass is 10.1. The van der Waals surface area contributed by atoms with Gasteiger partial charge in [-0.15, -0.1) is 11.3 Å². The largest absolute Gasteiger partial charge is 0.496 e. The second kappa shape index (κ2) is 8.63. The molecule has 1 saturated heterocycles. The van der Waals surface area contributed by atoms with Crippen molar-refractivity contribution in [3.05, 3.63) is 46.3 Å². The van der Waals surface area contributed by atoms with Gasteiger partial charge in [0.1, 0.15) is 28.0 Å². The molecule has 0 bridgehead atoms. The summed E-state index contributed by atoms with van der Waals surface area (Å²) in [7, 11) is 1.63. The van der Waals surface area contributed by atoms with Crippen LogP contribution in [0.2, 0.25) is 0 Å². The van der Waals surface area contributed by atoms with Crippen LogP contribution in [0.15, 0.2) is 24.3 Å². The zero-order valence-corrected chi connectivity index (χ0v) is 18.1. The van der Waals surface area contributed by atoms with Crippen LogP contribution in [0.3, 0.4) is 0 Å². The Bertz CT molecular complexity index is 998. The second-order valence-electron chi connectivity index (χ2n) is 7.32. The van der Waals surface area contributed by atoms with Gasteiger partial charge in [-0.25, -0.2) is 14.4 Å². The van der Waals surface area contributed by atoms with E-state index in [0.717, 1.165) is 66.8 Å². The van der Waals surface area contributed by atoms with Crippen LogP contribution in [0.4, 0.5) is 10.2 Å². The number of thiophene rings is 1. The Morgan fingerprint density at radius 1 is 1.07 bits per heavy atom. The molecule has 5 nitrogen and oxygen atoms in total. The maximum atomic E-state index is 13.7. The molecule has 29 heavy (non-hydrogen) atoms. The summed E-state index contributed by atoms with van der Waals surface area (Å²) in [6, 6.07) is 6.97. The first kappa shape index (κ1) is 20.0. The van der Waals surface area contributed by atoms with E-state index in [-0.39, 0.29) is 5.82 Å². The Hall–Kier alpha value is -2.25. The fourth-order valence-corrected chi connectivity index (χ4v) is 4.78. The maximum absolute atomic E-state index is 13.7. The smallest absolute Gasteiger partial charge is 0.141 e. The first-order valence-corrected chi connectivity index (χ1v) is 11.0. The number of aromatic nitrogens is 2. The molecule has 3 heterocycles. The highest BCUT2D eigenvalue weighted by atomic mass is 32.1. The fraction of sp³-hybridized carbons (Fsp3) is 0.455. The van der Waals surface area contributed by atoms with Crippen molar-refractivity contribution in [1.29, 1.82) is 0 Å². The highest BCUT2D eigenvalue weighted by Gasteiger charge is 2.22. The minimum Gasteiger partial charge on any atom is -0.496 e. The van der Waals surface area contributed by atoms with Gasteiger partial charge in [0.05, 0.1) is 12.5 Å². The monoisotopic (exact) mass is 414 g/mol. The summed E-state index contributed by atoms with van der Waals surface area (Å²) in [6.45, 7) is 8.55. The molecular formula is C22H27FN4OS. The van der Waals surface area contributed by atoms with Crippen molar-refractivity contribution < 1.29 is 9.13 Å². The number of anilines is 1. The van der Waals surface area contributed by atoms with Gasteiger partial charge in [0.25, 0.3) is 0 Å². The molecule has 0 radical (unpaired) electrons. The minimum absolute atomic E-state index is 0.223. The Morgan fingerprint density at radius 2 is 1.86 bits per heavy atom. The third kappa shape index (κ3) is 4.21. The average molecular weight is 415 g/mol. The average Bonchev–Trinajstić information content (AvgIpc) is 3.17. The van der Waals surface area contributed by atoms with Crippen molar-refractivity contribution in [2.75, 3.05) is 38.2 Å². The van der Waals surface area contributed by atoms with E-state index in [2.05, 4.69) is 29.7 Å². The lowest BCUT2D eigenvalue weighted by Crippen LogP contribution is -2.46. The highest BCUT2D eigenvalue weighted by molar-refractivity contribution is 7.18. The van der Waals surface area contributed by atoms with Gasteiger partial charge in [-0.2, -0.15) is 0 Å². The van der Waals surface area contributed by atoms with Crippen molar-refractivity contribution in [3.63, 3.8) is 0 Å². The van der Waals surface area contributed by atoms with E-state index in [1.807, 2.05) is 0 Å². The van der Waals surface area contributed by atoms with Crippen LogP contribution in [0.5, 0.6) is 5.75 Å². The van der Waals surface area contributed by atoms with Crippen molar-refractivity contribution in [3.8, 4) is 5.75 Å². The lowest BCUT2D eigenvalue weighted by molar-refractivity contribution is 0.245. The molecule has 154 valence electrons. The van der Waals surface area contributed by atoms with Gasteiger partial charge in [-0.3, -0.25) is 4.90 Å². The molecule has 2 aromatic heterocycles. The first-order valence-electron chi connectivity index (χ1n) is 10.2. The number of nitrogens with zero attached hydrogens (tertiary/aromatic N) is 4. The van der Waals surface area contributed by atoms with Crippen molar-refractivity contribution in [2.45, 2.75) is 33.2 Å². The molecule has 0 aliphatic carbocycles. The van der Waals surface area contributed by atoms with E-state index in [0.29, 0.717) is 6.54 Å². The van der Waals surface area contributed by atoms with Gasteiger partial charge in [0.15, 0.2) is 0 Å². The van der Waals surface area contributed by atoms with Crippen LogP contribution in [0.25, 0.3) is 10.2 Å². The summed E-state index contributed by atoms with van der Waals surface area (Å²) in [5, 5.41) is 1.17. The summed E-state index contributed by atoms with van der Waals surface area (Å²) in [5.74, 6) is 2.48. The van der Waals surface area contributed by atoms with Crippen LogP contribution in [0.1, 0.15) is 30.1 Å². The Morgan fingerprint density at radius 3 is 2.55 bits per heavy atom. The summed E-state index contributed by atoms with van der Waals surface area (Å²) in [5.41, 5.74) is 0.893. The molecule has 0 amide bonds. The third-order valence-electron chi connectivity index (χ3n) is 5.44. The molecule has 7 heteroatoms. The predicted molar refractivity (Wildman–Crippen MR) is 117 cm³/mol. The number of hydrogen-bond acceptors (Lipinski definition) is 6.